The molecule has 0 radical (unpaired) electrons. The molecule has 1 heterocycles. The zero-order chi connectivity index (χ0) is 15.5. The SMILES string of the molecule is O=C(NCC1CCSCC1)c1ccc(Br)cc1C(F)(F)F. The number of carbonyl (C=O) groups excluding carboxylic acids is 1. The van der Waals surface area contributed by atoms with Crippen molar-refractivity contribution < 1.29 is 18.0 Å². The third kappa shape index (κ3) is 4.64. The van der Waals surface area contributed by atoms with Crippen LogP contribution >= 0.6 is 27.7 Å². The van der Waals surface area contributed by atoms with Gasteiger partial charge >= 0.3 is 6.18 Å². The smallest absolute Gasteiger partial charge is 0.352 e. The number of hydrogen-bond acceptors (Lipinski definition) is 2. The highest BCUT2D eigenvalue weighted by Gasteiger charge is 2.35. The highest BCUT2D eigenvalue weighted by molar-refractivity contribution is 9.10. The van der Waals surface area contributed by atoms with Crippen molar-refractivity contribution >= 4 is 33.6 Å². The molecule has 0 saturated carbocycles. The van der Waals surface area contributed by atoms with Gasteiger partial charge in [-0.2, -0.15) is 24.9 Å². The summed E-state index contributed by atoms with van der Waals surface area (Å²) in [5.41, 5.74) is -1.23. The first-order valence-electron chi connectivity index (χ1n) is 6.60. The summed E-state index contributed by atoms with van der Waals surface area (Å²) in [6.07, 6.45) is -2.55. The van der Waals surface area contributed by atoms with Gasteiger partial charge in [0.05, 0.1) is 11.1 Å². The fourth-order valence-corrected chi connectivity index (χ4v) is 3.80. The van der Waals surface area contributed by atoms with Crippen LogP contribution in [0, 0.1) is 5.92 Å². The van der Waals surface area contributed by atoms with Gasteiger partial charge in [-0.3, -0.25) is 4.79 Å². The number of rotatable bonds is 3. The van der Waals surface area contributed by atoms with Crippen molar-refractivity contribution in [2.24, 2.45) is 5.92 Å². The highest BCUT2D eigenvalue weighted by atomic mass is 79.9. The van der Waals surface area contributed by atoms with Gasteiger partial charge < -0.3 is 5.32 Å². The molecule has 0 spiro atoms. The highest BCUT2D eigenvalue weighted by Crippen LogP contribution is 2.34. The molecule has 0 aliphatic carbocycles. The van der Waals surface area contributed by atoms with E-state index in [-0.39, 0.29) is 5.56 Å². The van der Waals surface area contributed by atoms with Crippen molar-refractivity contribution in [3.05, 3.63) is 33.8 Å². The van der Waals surface area contributed by atoms with E-state index in [1.165, 1.54) is 12.1 Å². The summed E-state index contributed by atoms with van der Waals surface area (Å²) in [6, 6.07) is 3.59. The molecule has 0 atom stereocenters. The molecule has 1 aliphatic rings. The van der Waals surface area contributed by atoms with Crippen LogP contribution < -0.4 is 5.32 Å². The van der Waals surface area contributed by atoms with Gasteiger partial charge in [0, 0.05) is 11.0 Å². The molecule has 0 unspecified atom stereocenters. The first-order chi connectivity index (χ1) is 9.88. The largest absolute Gasteiger partial charge is 0.417 e. The van der Waals surface area contributed by atoms with E-state index in [0.717, 1.165) is 30.4 Å². The van der Waals surface area contributed by atoms with Crippen LogP contribution in [0.3, 0.4) is 0 Å². The Labute approximate surface area is 134 Å². The summed E-state index contributed by atoms with van der Waals surface area (Å²) in [7, 11) is 0. The molecule has 1 fully saturated rings. The normalized spacial score (nSPS) is 16.8. The van der Waals surface area contributed by atoms with Crippen LogP contribution in [0.25, 0.3) is 0 Å². The Kier molecular flexibility index (Phi) is 5.60. The number of amides is 1. The summed E-state index contributed by atoms with van der Waals surface area (Å²) in [4.78, 5) is 12.0. The maximum atomic E-state index is 13.0. The number of carbonyl (C=O) groups is 1. The van der Waals surface area contributed by atoms with Gasteiger partial charge in [-0.25, -0.2) is 0 Å². The molecular formula is C14H15BrF3NOS. The van der Waals surface area contributed by atoms with Crippen molar-refractivity contribution in [1.29, 1.82) is 0 Å². The second-order valence-electron chi connectivity index (χ2n) is 4.95. The lowest BCUT2D eigenvalue weighted by atomic mass is 10.0. The van der Waals surface area contributed by atoms with E-state index in [2.05, 4.69) is 21.2 Å². The van der Waals surface area contributed by atoms with Crippen molar-refractivity contribution in [3.63, 3.8) is 0 Å². The third-order valence-corrected chi connectivity index (χ3v) is 4.97. The molecule has 1 saturated heterocycles. The summed E-state index contributed by atoms with van der Waals surface area (Å²) in [5, 5.41) is 2.64. The second-order valence-corrected chi connectivity index (χ2v) is 7.09. The van der Waals surface area contributed by atoms with Gasteiger partial charge in [0.2, 0.25) is 0 Å². The van der Waals surface area contributed by atoms with Gasteiger partial charge in [-0.05, 0) is 48.5 Å². The van der Waals surface area contributed by atoms with Crippen LogP contribution in [0.1, 0.15) is 28.8 Å². The number of alkyl halides is 3. The van der Waals surface area contributed by atoms with Crippen LogP contribution in [0.15, 0.2) is 22.7 Å². The Bertz CT molecular complexity index is 515. The van der Waals surface area contributed by atoms with Gasteiger partial charge in [0.25, 0.3) is 5.91 Å². The zero-order valence-corrected chi connectivity index (χ0v) is 13.6. The van der Waals surface area contributed by atoms with Crippen molar-refractivity contribution in [3.8, 4) is 0 Å². The molecule has 0 aromatic heterocycles. The van der Waals surface area contributed by atoms with Gasteiger partial charge in [-0.15, -0.1) is 0 Å². The predicted octanol–water partition coefficient (Wildman–Crippen LogP) is 4.34. The lowest BCUT2D eigenvalue weighted by Crippen LogP contribution is -2.32. The van der Waals surface area contributed by atoms with Crippen molar-refractivity contribution in [2.45, 2.75) is 19.0 Å². The minimum atomic E-state index is -4.54. The van der Waals surface area contributed by atoms with E-state index in [4.69, 9.17) is 0 Å². The Morgan fingerprint density at radius 2 is 2.00 bits per heavy atom. The van der Waals surface area contributed by atoms with E-state index >= 15 is 0 Å². The average molecular weight is 382 g/mol. The predicted molar refractivity (Wildman–Crippen MR) is 81.5 cm³/mol. The lowest BCUT2D eigenvalue weighted by molar-refractivity contribution is -0.138. The quantitative estimate of drug-likeness (QED) is 0.843. The third-order valence-electron chi connectivity index (χ3n) is 3.42. The zero-order valence-electron chi connectivity index (χ0n) is 11.2. The van der Waals surface area contributed by atoms with Crippen LogP contribution in [0.5, 0.6) is 0 Å². The fourth-order valence-electron chi connectivity index (χ4n) is 2.23. The van der Waals surface area contributed by atoms with Crippen LogP contribution in [0.4, 0.5) is 13.2 Å². The molecule has 1 amide bonds. The van der Waals surface area contributed by atoms with Gasteiger partial charge in [0.15, 0.2) is 0 Å². The monoisotopic (exact) mass is 381 g/mol. The first-order valence-corrected chi connectivity index (χ1v) is 8.55. The van der Waals surface area contributed by atoms with E-state index < -0.39 is 17.6 Å². The summed E-state index contributed by atoms with van der Waals surface area (Å²) in [6.45, 7) is 0.437. The summed E-state index contributed by atoms with van der Waals surface area (Å²) < 4.78 is 39.2. The molecular weight excluding hydrogens is 367 g/mol. The Hall–Kier alpha value is -0.690. The molecule has 1 aliphatic heterocycles. The molecule has 21 heavy (non-hydrogen) atoms. The summed E-state index contributed by atoms with van der Waals surface area (Å²) in [5.74, 6) is 1.80. The van der Waals surface area contributed by atoms with Crippen molar-refractivity contribution in [1.82, 2.24) is 5.32 Å². The second kappa shape index (κ2) is 7.05. The van der Waals surface area contributed by atoms with Gasteiger partial charge in [-0.1, -0.05) is 15.9 Å². The number of benzene rings is 1. The van der Waals surface area contributed by atoms with E-state index in [1.807, 2.05) is 11.8 Å². The Morgan fingerprint density at radius 3 is 2.62 bits per heavy atom. The minimum absolute atomic E-state index is 0.302. The van der Waals surface area contributed by atoms with Crippen LogP contribution in [0.2, 0.25) is 0 Å². The minimum Gasteiger partial charge on any atom is -0.352 e. The van der Waals surface area contributed by atoms with Gasteiger partial charge in [0.1, 0.15) is 0 Å². The van der Waals surface area contributed by atoms with Crippen LogP contribution in [-0.4, -0.2) is 24.0 Å². The molecule has 1 N–H and O–H groups in total. The molecule has 116 valence electrons. The number of halogens is 4. The molecule has 1 aromatic rings. The fraction of sp³-hybridized carbons (Fsp3) is 0.500. The van der Waals surface area contributed by atoms with Crippen molar-refractivity contribution in [2.75, 3.05) is 18.1 Å². The van der Waals surface area contributed by atoms with E-state index in [0.29, 0.717) is 16.9 Å². The lowest BCUT2D eigenvalue weighted by Gasteiger charge is -2.22. The molecule has 7 heteroatoms. The Balaban J connectivity index is 2.08. The number of nitrogens with one attached hydrogen (secondary N) is 1. The molecule has 2 nitrogen and oxygen atoms in total. The maximum Gasteiger partial charge on any atom is 0.417 e. The van der Waals surface area contributed by atoms with E-state index in [1.54, 1.807) is 0 Å². The molecule has 1 aromatic carbocycles. The molecule has 2 rings (SSSR count). The maximum absolute atomic E-state index is 13.0. The first kappa shape index (κ1) is 16.7. The molecule has 0 bridgehead atoms. The number of hydrogen-bond donors (Lipinski definition) is 1. The topological polar surface area (TPSA) is 29.1 Å². The van der Waals surface area contributed by atoms with Crippen LogP contribution in [-0.2, 0) is 6.18 Å². The Morgan fingerprint density at radius 1 is 1.33 bits per heavy atom. The standard InChI is InChI=1S/C14H15BrF3NOS/c15-10-1-2-11(12(7-10)14(16,17)18)13(20)19-8-9-3-5-21-6-4-9/h1-2,7,9H,3-6,8H2,(H,19,20). The number of thioether (sulfide) groups is 1. The average Bonchev–Trinajstić information content (AvgIpc) is 2.45. The van der Waals surface area contributed by atoms with E-state index in [9.17, 15) is 18.0 Å². The summed E-state index contributed by atoms with van der Waals surface area (Å²) >= 11 is 4.88.